The molecule has 12 nitrogen and oxygen atoms in total. The fraction of sp³-hybridized carbons (Fsp3) is 0.835. The molecule has 0 saturated carbocycles. The smallest absolute Gasteiger partial charge is 0.252 e. The zero-order valence-electron chi connectivity index (χ0n) is 68.8. The van der Waals surface area contributed by atoms with Crippen molar-refractivity contribution in [1.29, 1.82) is 0 Å². The molecule has 3 amide bonds. The van der Waals surface area contributed by atoms with E-state index in [1.807, 2.05) is 12.1 Å². The summed E-state index contributed by atoms with van der Waals surface area (Å²) < 4.78 is 39.9. The van der Waals surface area contributed by atoms with Crippen molar-refractivity contribution in [3.8, 4) is 34.5 Å². The minimum Gasteiger partial charge on any atom is -0.490 e. The second-order valence-corrected chi connectivity index (χ2v) is 30.7. The molecule has 3 N–H and O–H groups in total. The van der Waals surface area contributed by atoms with Gasteiger partial charge in [0.05, 0.1) is 39.6 Å². The Morgan fingerprint density at radius 3 is 0.680 bits per heavy atom. The molecule has 0 spiro atoms. The normalized spacial score (nSPS) is 12.0. The molecule has 2 aromatic rings. The average molecular weight is 1450 g/mol. The minimum absolute atomic E-state index is 0.321. The van der Waals surface area contributed by atoms with Gasteiger partial charge in [-0.3, -0.25) is 14.4 Å². The van der Waals surface area contributed by atoms with Crippen LogP contribution in [-0.4, -0.2) is 69.4 Å². The summed E-state index contributed by atoms with van der Waals surface area (Å²) in [6, 6.07) is 5.29. The molecule has 2 aromatic carbocycles. The first-order valence-corrected chi connectivity index (χ1v) is 44.7. The fourth-order valence-corrected chi connectivity index (χ4v) is 13.7. The third kappa shape index (κ3) is 53.1. The van der Waals surface area contributed by atoms with Gasteiger partial charge in [-0.1, -0.05) is 388 Å². The Morgan fingerprint density at radius 2 is 0.447 bits per heavy atom. The second-order valence-electron chi connectivity index (χ2n) is 30.7. The molecule has 0 aliphatic rings. The van der Waals surface area contributed by atoms with Gasteiger partial charge in [-0.25, -0.2) is 0 Å². The number of nitrogens with one attached hydrogen (secondary N) is 3. The molecule has 12 heteroatoms. The molecule has 0 aliphatic carbocycles. The molecule has 103 heavy (non-hydrogen) atoms. The molecule has 0 aromatic heterocycles. The Kier molecular flexibility index (Phi) is 65.0. The average Bonchev–Trinajstić information content (AvgIpc) is 0.825. The van der Waals surface area contributed by atoms with E-state index in [1.54, 1.807) is 26.0 Å². The Labute approximate surface area is 635 Å². The van der Waals surface area contributed by atoms with E-state index in [1.165, 1.54) is 308 Å². The van der Waals surface area contributed by atoms with Crippen LogP contribution in [0.1, 0.15) is 451 Å². The lowest BCUT2D eigenvalue weighted by Gasteiger charge is -2.21. The summed E-state index contributed by atoms with van der Waals surface area (Å²) in [7, 11) is 0. The van der Waals surface area contributed by atoms with Gasteiger partial charge in [-0.15, -0.1) is 0 Å². The molecule has 2 rings (SSSR count). The highest BCUT2D eigenvalue weighted by Crippen LogP contribution is 2.42. The largest absolute Gasteiger partial charge is 0.490 e. The zero-order valence-corrected chi connectivity index (χ0v) is 68.8. The van der Waals surface area contributed by atoms with E-state index in [9.17, 15) is 14.4 Å². The second kappa shape index (κ2) is 70.6. The molecular weight excluding hydrogens is 1280 g/mol. The van der Waals surface area contributed by atoms with E-state index < -0.39 is 29.8 Å². The van der Waals surface area contributed by atoms with E-state index in [-0.39, 0.29) is 0 Å². The molecule has 0 fully saturated rings. The highest BCUT2D eigenvalue weighted by atomic mass is 16.5. The number of anilines is 1. The molecule has 598 valence electrons. The number of rotatable bonds is 78. The van der Waals surface area contributed by atoms with Crippen molar-refractivity contribution in [3.63, 3.8) is 0 Å². The summed E-state index contributed by atoms with van der Waals surface area (Å²) in [5.74, 6) is 1.89. The predicted molar refractivity (Wildman–Crippen MR) is 440 cm³/mol. The molecule has 0 radical (unpaired) electrons. The van der Waals surface area contributed by atoms with Crippen molar-refractivity contribution in [2.45, 2.75) is 453 Å². The van der Waals surface area contributed by atoms with Crippen molar-refractivity contribution in [2.75, 3.05) is 45.0 Å². The summed E-state index contributed by atoms with van der Waals surface area (Å²) in [5.41, 5.74) is 0.823. The van der Waals surface area contributed by atoms with E-state index in [0.29, 0.717) is 85.4 Å². The number of hydrogen-bond acceptors (Lipinski definition) is 9. The Morgan fingerprint density at radius 1 is 0.252 bits per heavy atom. The number of unbranched alkanes of at least 4 members (excludes halogenated alkanes) is 54. The Bertz CT molecular complexity index is 2160. The van der Waals surface area contributed by atoms with Crippen LogP contribution < -0.4 is 44.4 Å². The van der Waals surface area contributed by atoms with E-state index in [0.717, 1.165) is 77.0 Å². The van der Waals surface area contributed by atoms with Gasteiger partial charge in [0.1, 0.15) is 12.1 Å². The molecule has 0 bridgehead atoms. The number of carbonyl (C=O) groups is 3. The minimum atomic E-state index is -0.981. The maximum absolute atomic E-state index is 14.5. The summed E-state index contributed by atoms with van der Waals surface area (Å²) in [4.78, 5) is 42.9. The zero-order chi connectivity index (χ0) is 74.4. The molecule has 0 aliphatic heterocycles. The summed E-state index contributed by atoms with van der Waals surface area (Å²) in [6.07, 6.45) is 73.7. The predicted octanol–water partition coefficient (Wildman–Crippen LogP) is 27.7. The van der Waals surface area contributed by atoms with E-state index in [2.05, 4.69) is 57.5 Å². The van der Waals surface area contributed by atoms with Crippen LogP contribution in [-0.2, 0) is 9.59 Å². The van der Waals surface area contributed by atoms with Gasteiger partial charge in [-0.2, -0.15) is 0 Å². The van der Waals surface area contributed by atoms with E-state index in [4.69, 9.17) is 28.4 Å². The van der Waals surface area contributed by atoms with Gasteiger partial charge >= 0.3 is 0 Å². The van der Waals surface area contributed by atoms with Gasteiger partial charge in [0.25, 0.3) is 5.91 Å². The first-order chi connectivity index (χ1) is 50.6. The van der Waals surface area contributed by atoms with Crippen molar-refractivity contribution in [2.24, 2.45) is 0 Å². The number of hydrogen-bond donors (Lipinski definition) is 3. The van der Waals surface area contributed by atoms with Crippen LogP contribution in [0.15, 0.2) is 24.3 Å². The van der Waals surface area contributed by atoms with Gasteiger partial charge in [0.15, 0.2) is 23.0 Å². The SMILES string of the molecule is CCCCCCCCCCCCOc1cc(NC(=O)[C@H](C)NC(=O)[C@H](C)NC(=O)c2cc(OCCCCCCCCCCCC)c(OCCCCCCCCCCCC)c(OCCCCCCCCCCCC)c2)cc(OCCCCCCCCCCCC)c1OCCCCCCCCCCCC. The van der Waals surface area contributed by atoms with Gasteiger partial charge in [-0.05, 0) is 64.5 Å². The lowest BCUT2D eigenvalue weighted by atomic mass is 10.1. The molecule has 2 atom stereocenters. The number of carbonyl (C=O) groups excluding carboxylic acids is 3. The lowest BCUT2D eigenvalue weighted by Crippen LogP contribution is -2.50. The highest BCUT2D eigenvalue weighted by Gasteiger charge is 2.26. The summed E-state index contributed by atoms with van der Waals surface area (Å²) >= 11 is 0. The van der Waals surface area contributed by atoms with Crippen LogP contribution in [0.4, 0.5) is 5.69 Å². The van der Waals surface area contributed by atoms with Crippen LogP contribution in [0.5, 0.6) is 34.5 Å². The maximum atomic E-state index is 14.5. The highest BCUT2D eigenvalue weighted by molar-refractivity contribution is 6.01. The molecule has 0 unspecified atom stereocenters. The molecular formula is C91H165N3O9. The van der Waals surface area contributed by atoms with E-state index >= 15 is 0 Å². The van der Waals surface area contributed by atoms with Crippen LogP contribution in [0.2, 0.25) is 0 Å². The summed E-state index contributed by atoms with van der Waals surface area (Å²) in [6.45, 7) is 20.0. The fourth-order valence-electron chi connectivity index (χ4n) is 13.7. The molecule has 0 saturated heterocycles. The van der Waals surface area contributed by atoms with Crippen molar-refractivity contribution < 1.29 is 42.8 Å². The third-order valence-electron chi connectivity index (χ3n) is 20.6. The standard InChI is InChI=1S/C91H165N3O9/c1-9-15-21-27-33-39-45-51-57-63-69-98-83-75-81(76-84(99-70-64-58-52-46-40-34-28-22-16-10-2)87(83)102-73-67-61-55-49-43-37-31-25-19-13-5)91(97)93-79(7)89(95)92-80(8)90(96)94-82-77-85(100-71-65-59-53-47-41-35-29-23-17-11-3)88(103-74-68-62-56-50-44-38-32-26-20-14-6)86(78-82)101-72-66-60-54-48-42-36-30-24-18-12-4/h75-80H,9-74H2,1-8H3,(H,92,95)(H,93,97)(H,94,96)/t79-,80-/m0/s1. The number of amides is 3. The summed E-state index contributed by atoms with van der Waals surface area (Å²) in [5, 5.41) is 8.96. The van der Waals surface area contributed by atoms with Crippen LogP contribution >= 0.6 is 0 Å². The van der Waals surface area contributed by atoms with Gasteiger partial charge in [0.2, 0.25) is 23.3 Å². The van der Waals surface area contributed by atoms with Gasteiger partial charge in [0, 0.05) is 23.4 Å². The topological polar surface area (TPSA) is 143 Å². The van der Waals surface area contributed by atoms with Crippen LogP contribution in [0.3, 0.4) is 0 Å². The maximum Gasteiger partial charge on any atom is 0.252 e. The van der Waals surface area contributed by atoms with Crippen LogP contribution in [0.25, 0.3) is 0 Å². The Hall–Kier alpha value is -4.35. The lowest BCUT2D eigenvalue weighted by molar-refractivity contribution is -0.127. The number of ether oxygens (including phenoxy) is 6. The van der Waals surface area contributed by atoms with Gasteiger partial charge < -0.3 is 44.4 Å². The number of benzene rings is 2. The monoisotopic (exact) mass is 1440 g/mol. The first kappa shape index (κ1) is 94.7. The van der Waals surface area contributed by atoms with Crippen molar-refractivity contribution >= 4 is 23.4 Å². The molecule has 0 heterocycles. The Balaban J connectivity index is 2.38. The quantitative estimate of drug-likeness (QED) is 0.0552. The van der Waals surface area contributed by atoms with Crippen molar-refractivity contribution in [3.05, 3.63) is 29.8 Å². The van der Waals surface area contributed by atoms with Crippen molar-refractivity contribution in [1.82, 2.24) is 10.6 Å². The van der Waals surface area contributed by atoms with Crippen LogP contribution in [0, 0.1) is 0 Å². The third-order valence-corrected chi connectivity index (χ3v) is 20.6. The first-order valence-electron chi connectivity index (χ1n) is 44.7.